The second-order valence-electron chi connectivity index (χ2n) is 15.5. The van der Waals surface area contributed by atoms with Gasteiger partial charge >= 0.3 is 5.97 Å². The Morgan fingerprint density at radius 3 is 2.20 bits per heavy atom. The number of esters is 1. The van der Waals surface area contributed by atoms with E-state index in [0.717, 1.165) is 44.5 Å². The van der Waals surface area contributed by atoms with Crippen molar-refractivity contribution in [3.63, 3.8) is 0 Å². The minimum Gasteiger partial charge on any atom is -0.455 e. The molecule has 5 atom stereocenters. The topological polar surface area (TPSA) is 112 Å². The molecule has 3 aliphatic rings. The van der Waals surface area contributed by atoms with Crippen molar-refractivity contribution in [2.45, 2.75) is 117 Å². The van der Waals surface area contributed by atoms with E-state index in [4.69, 9.17) is 9.47 Å². The number of nitrogens with zero attached hydrogens (tertiary/aromatic N) is 4. The lowest BCUT2D eigenvalue weighted by Crippen LogP contribution is -2.58. The molecule has 11 nitrogen and oxygen atoms in total. The molecule has 284 valence electrons. The molecule has 0 radical (unpaired) electrons. The third-order valence-corrected chi connectivity index (χ3v) is 10.7. The molecule has 3 aliphatic heterocycles. The average molecular weight is 710 g/mol. The first-order valence-corrected chi connectivity index (χ1v) is 19.2. The van der Waals surface area contributed by atoms with E-state index in [1.165, 1.54) is 0 Å². The van der Waals surface area contributed by atoms with Crippen LogP contribution in [-0.2, 0) is 28.7 Å². The molecular weight excluding hydrogens is 646 g/mol. The van der Waals surface area contributed by atoms with Gasteiger partial charge in [0.25, 0.3) is 0 Å². The molecule has 3 fully saturated rings. The van der Waals surface area contributed by atoms with Gasteiger partial charge in [-0.25, -0.2) is 4.79 Å². The first-order chi connectivity index (χ1) is 24.3. The molecule has 0 aromatic heterocycles. The number of hydrogen-bond donors (Lipinski definition) is 1. The normalized spacial score (nSPS) is 22.6. The van der Waals surface area contributed by atoms with Crippen molar-refractivity contribution in [3.8, 4) is 0 Å². The number of amides is 3. The van der Waals surface area contributed by atoms with Crippen molar-refractivity contribution >= 4 is 23.7 Å². The first kappa shape index (κ1) is 40.5. The zero-order valence-corrected chi connectivity index (χ0v) is 32.3. The Labute approximate surface area is 306 Å². The van der Waals surface area contributed by atoms with Gasteiger partial charge in [-0.2, -0.15) is 0 Å². The van der Waals surface area contributed by atoms with E-state index in [9.17, 15) is 19.2 Å². The fraction of sp³-hybridized carbons (Fsp3) is 0.700. The second kappa shape index (κ2) is 19.0. The highest BCUT2D eigenvalue weighted by Crippen LogP contribution is 2.27. The van der Waals surface area contributed by atoms with Crippen LogP contribution in [0.4, 0.5) is 0 Å². The summed E-state index contributed by atoms with van der Waals surface area (Å²) in [5, 5.41) is 3.11. The van der Waals surface area contributed by atoms with Crippen LogP contribution in [0, 0.1) is 11.8 Å². The fourth-order valence-corrected chi connectivity index (χ4v) is 7.66. The number of nitrogens with one attached hydrogen (secondary N) is 1. The second-order valence-corrected chi connectivity index (χ2v) is 15.5. The van der Waals surface area contributed by atoms with Crippen LogP contribution < -0.4 is 5.32 Å². The molecule has 3 heterocycles. The highest BCUT2D eigenvalue weighted by atomic mass is 16.5. The van der Waals surface area contributed by atoms with Crippen molar-refractivity contribution in [2.24, 2.45) is 11.8 Å². The minimum absolute atomic E-state index is 0.00820. The van der Waals surface area contributed by atoms with Crippen molar-refractivity contribution in [3.05, 3.63) is 47.5 Å². The Morgan fingerprint density at radius 2 is 1.57 bits per heavy atom. The summed E-state index contributed by atoms with van der Waals surface area (Å²) < 4.78 is 11.7. The van der Waals surface area contributed by atoms with Gasteiger partial charge in [0.05, 0.1) is 25.3 Å². The highest BCUT2D eigenvalue weighted by Gasteiger charge is 2.39. The zero-order chi connectivity index (χ0) is 37.2. The maximum absolute atomic E-state index is 14.1. The number of benzene rings is 1. The number of hydrogen-bond acceptors (Lipinski definition) is 8. The maximum atomic E-state index is 14.1. The van der Waals surface area contributed by atoms with E-state index in [2.05, 4.69) is 29.0 Å². The molecule has 1 aromatic carbocycles. The largest absolute Gasteiger partial charge is 0.455 e. The molecule has 1 N–H and O–H groups in total. The number of carbonyl (C=O) groups excluding carboxylic acids is 4. The van der Waals surface area contributed by atoms with Crippen molar-refractivity contribution < 1.29 is 28.7 Å². The highest BCUT2D eigenvalue weighted by molar-refractivity contribution is 5.96. The van der Waals surface area contributed by atoms with Crippen molar-refractivity contribution in [1.29, 1.82) is 0 Å². The average Bonchev–Trinajstić information content (AvgIpc) is 3.62. The summed E-state index contributed by atoms with van der Waals surface area (Å²) >= 11 is 0. The van der Waals surface area contributed by atoms with Crippen molar-refractivity contribution in [2.75, 3.05) is 53.0 Å². The lowest BCUT2D eigenvalue weighted by Gasteiger charge is -2.39. The van der Waals surface area contributed by atoms with Gasteiger partial charge in [0, 0.05) is 44.8 Å². The Morgan fingerprint density at radius 1 is 0.902 bits per heavy atom. The Bertz CT molecular complexity index is 1340. The lowest BCUT2D eigenvalue weighted by molar-refractivity contribution is -0.159. The summed E-state index contributed by atoms with van der Waals surface area (Å²) in [6.07, 6.45) is 5.47. The Hall–Kier alpha value is -3.28. The fourth-order valence-electron chi connectivity index (χ4n) is 7.66. The van der Waals surface area contributed by atoms with E-state index in [1.807, 2.05) is 64.1 Å². The molecular formula is C40H63N5O6. The Balaban J connectivity index is 1.46. The molecule has 0 spiro atoms. The van der Waals surface area contributed by atoms with Gasteiger partial charge in [0.15, 0.2) is 0 Å². The van der Waals surface area contributed by atoms with E-state index in [-0.39, 0.29) is 41.6 Å². The smallest absolute Gasteiger partial charge is 0.329 e. The summed E-state index contributed by atoms with van der Waals surface area (Å²) in [6, 6.07) is 7.98. The predicted molar refractivity (Wildman–Crippen MR) is 199 cm³/mol. The lowest BCUT2D eigenvalue weighted by atomic mass is 9.95. The molecule has 51 heavy (non-hydrogen) atoms. The maximum Gasteiger partial charge on any atom is 0.329 e. The van der Waals surface area contributed by atoms with Gasteiger partial charge in [0.2, 0.25) is 17.7 Å². The molecule has 3 saturated heterocycles. The van der Waals surface area contributed by atoms with E-state index >= 15 is 0 Å². The minimum atomic E-state index is -0.697. The third-order valence-electron chi connectivity index (χ3n) is 10.7. The monoisotopic (exact) mass is 709 g/mol. The van der Waals surface area contributed by atoms with Gasteiger partial charge in [-0.15, -0.1) is 0 Å². The third kappa shape index (κ3) is 10.6. The van der Waals surface area contributed by atoms with Crippen LogP contribution in [0.15, 0.2) is 42.0 Å². The van der Waals surface area contributed by atoms with Gasteiger partial charge in [-0.05, 0) is 70.4 Å². The molecule has 4 rings (SSSR count). The number of piperidine rings is 1. The van der Waals surface area contributed by atoms with Crippen LogP contribution in [-0.4, -0.2) is 126 Å². The number of morpholine rings is 1. The summed E-state index contributed by atoms with van der Waals surface area (Å²) in [7, 11) is 1.75. The number of rotatable bonds is 14. The molecule has 1 aromatic rings. The van der Waals surface area contributed by atoms with Crippen LogP contribution in [0.3, 0.4) is 0 Å². The Kier molecular flexibility index (Phi) is 15.1. The molecule has 3 amide bonds. The number of likely N-dealkylation sites (tertiary alicyclic amines) is 2. The number of likely N-dealkylation sites (N-methyl/N-ethyl adjacent to an activating group) is 1. The molecule has 1 unspecified atom stereocenters. The number of carbonyl (C=O) groups is 4. The van der Waals surface area contributed by atoms with Crippen LogP contribution in [0.25, 0.3) is 0 Å². The quantitative estimate of drug-likeness (QED) is 0.223. The molecule has 0 bridgehead atoms. The van der Waals surface area contributed by atoms with Gasteiger partial charge in [-0.3, -0.25) is 24.2 Å². The predicted octanol–water partition coefficient (Wildman–Crippen LogP) is 4.43. The van der Waals surface area contributed by atoms with Gasteiger partial charge < -0.3 is 24.6 Å². The summed E-state index contributed by atoms with van der Waals surface area (Å²) in [5.74, 6) is -1.04. The summed E-state index contributed by atoms with van der Waals surface area (Å²) in [6.45, 7) is 18.6. The van der Waals surface area contributed by atoms with Crippen molar-refractivity contribution in [1.82, 2.24) is 24.9 Å². The van der Waals surface area contributed by atoms with Gasteiger partial charge in [0.1, 0.15) is 18.2 Å². The molecule has 0 aliphatic carbocycles. The summed E-state index contributed by atoms with van der Waals surface area (Å²) in [4.78, 5) is 63.2. The zero-order valence-electron chi connectivity index (χ0n) is 32.3. The van der Waals surface area contributed by atoms with Crippen LogP contribution in [0.2, 0.25) is 0 Å². The van der Waals surface area contributed by atoms with E-state index in [0.29, 0.717) is 44.7 Å². The molecule has 0 saturated carbocycles. The van der Waals surface area contributed by atoms with Crippen LogP contribution >= 0.6 is 0 Å². The standard InChI is InChI=1S/C40H63N5O6/c1-27(2)34(42(8)39(48)36(28(3)4)41-37(46)32-17-12-13-19-44(32)29(5)6)25-30(7)38(47)45-20-14-18-33(45)40(49)51-35(31-15-10-9-11-16-31)26-43-21-23-50-24-22-43/h9-11,15-16,25,27-29,32-36H,12-14,17-24,26H2,1-8H3,(H,41,46)/t32-,33+,34-,35?,36+/m1/s1. The first-order valence-electron chi connectivity index (χ1n) is 19.2. The van der Waals surface area contributed by atoms with Gasteiger partial charge in [-0.1, -0.05) is 70.5 Å². The van der Waals surface area contributed by atoms with Crippen LogP contribution in [0.1, 0.15) is 92.2 Å². The SMILES string of the molecule is CC(=C[C@H](C(C)C)N(C)C(=O)[C@@H](NC(=O)[C@H]1CCCCN1C(C)C)C(C)C)C(=O)N1CCC[C@H]1C(=O)OC(CN1CCOCC1)c1ccccc1. The van der Waals surface area contributed by atoms with E-state index in [1.54, 1.807) is 23.8 Å². The summed E-state index contributed by atoms with van der Waals surface area (Å²) in [5.41, 5.74) is 1.39. The molecule has 11 heteroatoms. The number of ether oxygens (including phenoxy) is 2. The van der Waals surface area contributed by atoms with E-state index < -0.39 is 30.2 Å². The van der Waals surface area contributed by atoms with Crippen LogP contribution in [0.5, 0.6) is 0 Å².